The van der Waals surface area contributed by atoms with E-state index in [4.69, 9.17) is 17.5 Å². The molecule has 2 aromatic rings. The summed E-state index contributed by atoms with van der Waals surface area (Å²) in [5.74, 6) is -0.162. The van der Waals surface area contributed by atoms with E-state index in [-0.39, 0.29) is 5.91 Å². The summed E-state index contributed by atoms with van der Waals surface area (Å²) in [5.41, 5.74) is 5.59. The van der Waals surface area contributed by atoms with Crippen LogP contribution in [0, 0.1) is 11.3 Å². The summed E-state index contributed by atoms with van der Waals surface area (Å²) in [6.07, 6.45) is 1.78. The molecule has 1 aliphatic heterocycles. The van der Waals surface area contributed by atoms with Gasteiger partial charge in [-0.2, -0.15) is 5.26 Å². The highest BCUT2D eigenvalue weighted by Gasteiger charge is 2.32. The first-order valence-corrected chi connectivity index (χ1v) is 8.45. The Morgan fingerprint density at radius 3 is 2.54 bits per heavy atom. The van der Waals surface area contributed by atoms with Crippen LogP contribution in [-0.4, -0.2) is 15.2 Å². The van der Waals surface area contributed by atoms with Crippen molar-refractivity contribution in [1.29, 1.82) is 5.26 Å². The number of rotatable bonds is 4. The Bertz CT molecular complexity index is 839. The lowest BCUT2D eigenvalue weighted by Gasteiger charge is -2.15. The first-order valence-electron chi connectivity index (χ1n) is 7.23. The maximum atomic E-state index is 12.5. The highest BCUT2D eigenvalue weighted by atomic mass is 32.2. The number of thioether (sulfide) groups is 1. The van der Waals surface area contributed by atoms with Gasteiger partial charge in [-0.15, -0.1) is 0 Å². The molecule has 0 bridgehead atoms. The molecule has 0 radical (unpaired) electrons. The molecule has 118 valence electrons. The van der Waals surface area contributed by atoms with Crippen molar-refractivity contribution < 1.29 is 4.79 Å². The van der Waals surface area contributed by atoms with Gasteiger partial charge < -0.3 is 0 Å². The molecule has 0 atom stereocenters. The molecule has 1 amide bonds. The summed E-state index contributed by atoms with van der Waals surface area (Å²) in [6, 6.07) is 18.9. The molecule has 3 rings (SSSR count). The van der Waals surface area contributed by atoms with Crippen LogP contribution in [0.4, 0.5) is 0 Å². The van der Waals surface area contributed by atoms with Crippen LogP contribution < -0.4 is 5.43 Å². The zero-order valence-corrected chi connectivity index (χ0v) is 14.2. The Labute approximate surface area is 149 Å². The van der Waals surface area contributed by atoms with Crippen molar-refractivity contribution in [1.82, 2.24) is 10.4 Å². The number of amides is 1. The largest absolute Gasteiger partial charge is 0.280 e. The van der Waals surface area contributed by atoms with Crippen LogP contribution in [0.2, 0.25) is 0 Å². The van der Waals surface area contributed by atoms with Gasteiger partial charge >= 0.3 is 0 Å². The summed E-state index contributed by atoms with van der Waals surface area (Å²) in [4.78, 5) is 13.1. The van der Waals surface area contributed by atoms with Gasteiger partial charge in [-0.3, -0.25) is 4.79 Å². The standard InChI is InChI=1S/C18H13N3OS2/c19-11-14-8-6-13(7-9-14)10-16-17(22)21(18(23)24-16)20-12-15-4-2-1-3-5-15/h1-10,20H,12H2/b16-10+. The van der Waals surface area contributed by atoms with Crippen molar-refractivity contribution in [3.8, 4) is 6.07 Å². The van der Waals surface area contributed by atoms with E-state index in [0.29, 0.717) is 21.3 Å². The van der Waals surface area contributed by atoms with Crippen molar-refractivity contribution in [3.05, 3.63) is 76.2 Å². The van der Waals surface area contributed by atoms with E-state index < -0.39 is 0 Å². The van der Waals surface area contributed by atoms with E-state index >= 15 is 0 Å². The molecule has 4 nitrogen and oxygen atoms in total. The van der Waals surface area contributed by atoms with Gasteiger partial charge in [-0.25, -0.2) is 10.4 Å². The number of nitrogens with one attached hydrogen (secondary N) is 1. The molecule has 1 N–H and O–H groups in total. The van der Waals surface area contributed by atoms with Crippen LogP contribution in [0.5, 0.6) is 0 Å². The number of nitrogens with zero attached hydrogens (tertiary/aromatic N) is 2. The number of hydrogen-bond donors (Lipinski definition) is 1. The zero-order valence-electron chi connectivity index (χ0n) is 12.6. The summed E-state index contributed by atoms with van der Waals surface area (Å²) in [5, 5.41) is 10.2. The average Bonchev–Trinajstić information content (AvgIpc) is 2.88. The van der Waals surface area contributed by atoms with Crippen molar-refractivity contribution in [3.63, 3.8) is 0 Å². The summed E-state index contributed by atoms with van der Waals surface area (Å²) < 4.78 is 0.482. The van der Waals surface area contributed by atoms with Crippen LogP contribution in [0.15, 0.2) is 59.5 Å². The van der Waals surface area contributed by atoms with Gasteiger partial charge in [0.05, 0.1) is 16.5 Å². The van der Waals surface area contributed by atoms with Crippen LogP contribution in [0.3, 0.4) is 0 Å². The van der Waals surface area contributed by atoms with E-state index in [0.717, 1.165) is 11.1 Å². The lowest BCUT2D eigenvalue weighted by molar-refractivity contribution is -0.124. The second kappa shape index (κ2) is 7.41. The second-order valence-electron chi connectivity index (χ2n) is 5.07. The normalized spacial score (nSPS) is 15.8. The fourth-order valence-electron chi connectivity index (χ4n) is 2.18. The summed E-state index contributed by atoms with van der Waals surface area (Å²) in [6.45, 7) is 0.525. The number of benzene rings is 2. The Kier molecular flexibility index (Phi) is 5.06. The average molecular weight is 351 g/mol. The van der Waals surface area contributed by atoms with Gasteiger partial charge in [0, 0.05) is 6.54 Å². The molecular weight excluding hydrogens is 338 g/mol. The van der Waals surface area contributed by atoms with E-state index in [1.165, 1.54) is 16.8 Å². The third kappa shape index (κ3) is 3.71. The van der Waals surface area contributed by atoms with Crippen LogP contribution in [-0.2, 0) is 11.3 Å². The molecular formula is C18H13N3OS2. The summed E-state index contributed by atoms with van der Waals surface area (Å²) >= 11 is 6.55. The lowest BCUT2D eigenvalue weighted by atomic mass is 10.1. The molecule has 0 saturated carbocycles. The first-order chi connectivity index (χ1) is 11.7. The zero-order chi connectivity index (χ0) is 16.9. The third-order valence-corrected chi connectivity index (χ3v) is 4.72. The first kappa shape index (κ1) is 16.4. The predicted octanol–water partition coefficient (Wildman–Crippen LogP) is 3.46. The topological polar surface area (TPSA) is 56.1 Å². The minimum Gasteiger partial charge on any atom is -0.267 e. The predicted molar refractivity (Wildman–Crippen MR) is 99.5 cm³/mol. The van der Waals surface area contributed by atoms with Gasteiger partial charge in [0.1, 0.15) is 0 Å². The number of nitriles is 1. The lowest BCUT2D eigenvalue weighted by Crippen LogP contribution is -2.40. The Morgan fingerprint density at radius 2 is 1.88 bits per heavy atom. The molecule has 24 heavy (non-hydrogen) atoms. The molecule has 1 heterocycles. The van der Waals surface area contributed by atoms with Crippen LogP contribution >= 0.6 is 24.0 Å². The quantitative estimate of drug-likeness (QED) is 0.675. The van der Waals surface area contributed by atoms with Crippen LogP contribution in [0.25, 0.3) is 6.08 Å². The number of hydrazine groups is 1. The number of hydrogen-bond acceptors (Lipinski definition) is 5. The molecule has 0 spiro atoms. The van der Waals surface area contributed by atoms with E-state index in [1.54, 1.807) is 18.2 Å². The minimum absolute atomic E-state index is 0.162. The number of carbonyl (C=O) groups excluding carboxylic acids is 1. The Balaban J connectivity index is 1.71. The van der Waals surface area contributed by atoms with Gasteiger partial charge in [-0.05, 0) is 29.3 Å². The molecule has 1 saturated heterocycles. The number of thiocarbonyl (C=S) groups is 1. The van der Waals surface area contributed by atoms with E-state index in [1.807, 2.05) is 42.5 Å². The maximum Gasteiger partial charge on any atom is 0.280 e. The Morgan fingerprint density at radius 1 is 1.17 bits per heavy atom. The molecule has 2 aromatic carbocycles. The van der Waals surface area contributed by atoms with Crippen molar-refractivity contribution in [2.24, 2.45) is 0 Å². The van der Waals surface area contributed by atoms with E-state index in [9.17, 15) is 4.79 Å². The van der Waals surface area contributed by atoms with Crippen molar-refractivity contribution in [2.75, 3.05) is 0 Å². The highest BCUT2D eigenvalue weighted by Crippen LogP contribution is 2.31. The van der Waals surface area contributed by atoms with Gasteiger partial charge in [0.15, 0.2) is 4.32 Å². The van der Waals surface area contributed by atoms with Gasteiger partial charge in [-0.1, -0.05) is 66.4 Å². The van der Waals surface area contributed by atoms with Gasteiger partial charge in [0.25, 0.3) is 5.91 Å². The van der Waals surface area contributed by atoms with Crippen molar-refractivity contribution >= 4 is 40.3 Å². The minimum atomic E-state index is -0.162. The molecule has 0 unspecified atom stereocenters. The van der Waals surface area contributed by atoms with E-state index in [2.05, 4.69) is 11.5 Å². The molecule has 1 fully saturated rings. The molecule has 1 aliphatic rings. The highest BCUT2D eigenvalue weighted by molar-refractivity contribution is 8.26. The van der Waals surface area contributed by atoms with Crippen LogP contribution in [0.1, 0.15) is 16.7 Å². The van der Waals surface area contributed by atoms with Gasteiger partial charge in [0.2, 0.25) is 0 Å². The Hall–Kier alpha value is -2.46. The smallest absolute Gasteiger partial charge is 0.267 e. The molecule has 6 heteroatoms. The monoisotopic (exact) mass is 351 g/mol. The molecule has 0 aliphatic carbocycles. The van der Waals surface area contributed by atoms with Crippen molar-refractivity contribution in [2.45, 2.75) is 6.54 Å². The fraction of sp³-hybridized carbons (Fsp3) is 0.0556. The molecule has 0 aromatic heterocycles. The fourth-order valence-corrected chi connectivity index (χ4v) is 3.39. The second-order valence-corrected chi connectivity index (χ2v) is 6.75. The number of carbonyl (C=O) groups is 1. The summed E-state index contributed by atoms with van der Waals surface area (Å²) in [7, 11) is 0. The maximum absolute atomic E-state index is 12.5. The third-order valence-electron chi connectivity index (χ3n) is 3.42. The SMILES string of the molecule is N#Cc1ccc(/C=C2/SC(=S)N(NCc3ccccc3)C2=O)cc1.